The number of alkyl halides is 1. The Kier molecular flexibility index (Phi) is 10.1. The fourth-order valence-electron chi connectivity index (χ4n) is 1.60. The molecule has 0 heterocycles. The quantitative estimate of drug-likeness (QED) is 0.344. The van der Waals surface area contributed by atoms with E-state index in [0.717, 1.165) is 25.7 Å². The average Bonchev–Trinajstić information content (AvgIpc) is 2.24. The van der Waals surface area contributed by atoms with Gasteiger partial charge in [-0.15, -0.1) is 11.6 Å². The summed E-state index contributed by atoms with van der Waals surface area (Å²) in [5.41, 5.74) is 0. The van der Waals surface area contributed by atoms with Crippen molar-refractivity contribution in [1.82, 2.24) is 0 Å². The van der Waals surface area contributed by atoms with Crippen LogP contribution >= 0.6 is 11.6 Å². The third-order valence-corrected chi connectivity index (χ3v) is 2.62. The minimum Gasteiger partial charge on any atom is -0.461 e. The molecule has 1 unspecified atom stereocenters. The van der Waals surface area contributed by atoms with Crippen LogP contribution in [-0.4, -0.2) is 18.0 Å². The summed E-state index contributed by atoms with van der Waals surface area (Å²) in [6.07, 6.45) is 7.95. The van der Waals surface area contributed by atoms with E-state index >= 15 is 0 Å². The molecule has 0 aliphatic heterocycles. The molecule has 3 heteroatoms. The standard InChI is InChI=1S/C12H23ClO2/c1-3-5-6-7-9-11(8-4-2)15-12(14)10-13/h11H,3-10H2,1-2H3. The molecule has 0 saturated carbocycles. The molecular formula is C12H23ClO2. The van der Waals surface area contributed by atoms with Crippen LogP contribution in [0.2, 0.25) is 0 Å². The summed E-state index contributed by atoms with van der Waals surface area (Å²) >= 11 is 5.41. The van der Waals surface area contributed by atoms with E-state index in [0.29, 0.717) is 0 Å². The first-order valence-corrected chi connectivity index (χ1v) is 6.53. The van der Waals surface area contributed by atoms with Crippen molar-refractivity contribution in [3.63, 3.8) is 0 Å². The number of rotatable bonds is 9. The van der Waals surface area contributed by atoms with Crippen LogP contribution in [0.15, 0.2) is 0 Å². The predicted molar refractivity (Wildman–Crippen MR) is 64.3 cm³/mol. The fraction of sp³-hybridized carbons (Fsp3) is 0.917. The van der Waals surface area contributed by atoms with Crippen molar-refractivity contribution in [1.29, 1.82) is 0 Å². The number of carbonyl (C=O) groups excluding carboxylic acids is 1. The Balaban J connectivity index is 3.67. The Bertz CT molecular complexity index is 160. The third kappa shape index (κ3) is 8.73. The van der Waals surface area contributed by atoms with Gasteiger partial charge >= 0.3 is 5.97 Å². The SMILES string of the molecule is CCCCCCC(CCC)OC(=O)CCl. The molecule has 0 N–H and O–H groups in total. The molecule has 0 radical (unpaired) electrons. The summed E-state index contributed by atoms with van der Waals surface area (Å²) in [4.78, 5) is 11.0. The van der Waals surface area contributed by atoms with Gasteiger partial charge < -0.3 is 4.74 Å². The van der Waals surface area contributed by atoms with Crippen LogP contribution in [0.4, 0.5) is 0 Å². The van der Waals surface area contributed by atoms with Gasteiger partial charge in [-0.1, -0.05) is 39.5 Å². The minimum atomic E-state index is -0.286. The summed E-state index contributed by atoms with van der Waals surface area (Å²) in [6, 6.07) is 0. The van der Waals surface area contributed by atoms with Crippen molar-refractivity contribution in [2.75, 3.05) is 5.88 Å². The van der Waals surface area contributed by atoms with Crippen molar-refractivity contribution in [3.8, 4) is 0 Å². The highest BCUT2D eigenvalue weighted by molar-refractivity contribution is 6.26. The summed E-state index contributed by atoms with van der Waals surface area (Å²) < 4.78 is 5.25. The molecule has 0 rings (SSSR count). The summed E-state index contributed by atoms with van der Waals surface area (Å²) in [7, 11) is 0. The first-order valence-electron chi connectivity index (χ1n) is 6.00. The van der Waals surface area contributed by atoms with Gasteiger partial charge in [0.1, 0.15) is 12.0 Å². The van der Waals surface area contributed by atoms with E-state index < -0.39 is 0 Å². The predicted octanol–water partition coefficient (Wildman–Crippen LogP) is 3.91. The molecule has 0 amide bonds. The molecule has 0 aromatic heterocycles. The maximum atomic E-state index is 11.0. The summed E-state index contributed by atoms with van der Waals surface area (Å²) in [5.74, 6) is -0.319. The van der Waals surface area contributed by atoms with Crippen molar-refractivity contribution >= 4 is 17.6 Å². The van der Waals surface area contributed by atoms with Crippen molar-refractivity contribution in [3.05, 3.63) is 0 Å². The zero-order valence-electron chi connectivity index (χ0n) is 9.93. The van der Waals surface area contributed by atoms with Crippen LogP contribution < -0.4 is 0 Å². The van der Waals surface area contributed by atoms with Crippen LogP contribution in [0.5, 0.6) is 0 Å². The zero-order valence-corrected chi connectivity index (χ0v) is 10.7. The Labute approximate surface area is 98.3 Å². The normalized spacial score (nSPS) is 12.5. The number of unbranched alkanes of at least 4 members (excludes halogenated alkanes) is 3. The Morgan fingerprint density at radius 2 is 1.87 bits per heavy atom. The van der Waals surface area contributed by atoms with Crippen molar-refractivity contribution in [2.45, 2.75) is 64.9 Å². The molecule has 1 atom stereocenters. The summed E-state index contributed by atoms with van der Waals surface area (Å²) in [5, 5.41) is 0. The largest absolute Gasteiger partial charge is 0.461 e. The van der Waals surface area contributed by atoms with Gasteiger partial charge in [0.2, 0.25) is 0 Å². The molecule has 90 valence electrons. The Morgan fingerprint density at radius 1 is 1.13 bits per heavy atom. The van der Waals surface area contributed by atoms with E-state index in [-0.39, 0.29) is 18.0 Å². The Morgan fingerprint density at radius 3 is 2.40 bits per heavy atom. The van der Waals surface area contributed by atoms with Gasteiger partial charge in [0.15, 0.2) is 0 Å². The second kappa shape index (κ2) is 10.3. The van der Waals surface area contributed by atoms with E-state index in [1.54, 1.807) is 0 Å². The van der Waals surface area contributed by atoms with E-state index in [4.69, 9.17) is 16.3 Å². The fourth-order valence-corrected chi connectivity index (χ4v) is 1.66. The van der Waals surface area contributed by atoms with E-state index in [1.807, 2.05) is 0 Å². The van der Waals surface area contributed by atoms with Crippen molar-refractivity contribution in [2.24, 2.45) is 0 Å². The van der Waals surface area contributed by atoms with Gasteiger partial charge in [-0.2, -0.15) is 0 Å². The zero-order chi connectivity index (χ0) is 11.5. The van der Waals surface area contributed by atoms with Gasteiger partial charge in [-0.05, 0) is 19.3 Å². The highest BCUT2D eigenvalue weighted by Crippen LogP contribution is 2.13. The molecule has 0 bridgehead atoms. The van der Waals surface area contributed by atoms with Gasteiger partial charge in [0.05, 0.1) is 0 Å². The average molecular weight is 235 g/mol. The maximum Gasteiger partial charge on any atom is 0.321 e. The lowest BCUT2D eigenvalue weighted by molar-refractivity contribution is -0.146. The molecular weight excluding hydrogens is 212 g/mol. The first kappa shape index (κ1) is 14.8. The molecule has 15 heavy (non-hydrogen) atoms. The number of hydrogen-bond donors (Lipinski definition) is 0. The van der Waals surface area contributed by atoms with Crippen LogP contribution in [0.25, 0.3) is 0 Å². The topological polar surface area (TPSA) is 26.3 Å². The number of esters is 1. The van der Waals surface area contributed by atoms with Crippen LogP contribution in [-0.2, 0) is 9.53 Å². The smallest absolute Gasteiger partial charge is 0.321 e. The molecule has 0 saturated heterocycles. The van der Waals surface area contributed by atoms with Crippen molar-refractivity contribution < 1.29 is 9.53 Å². The minimum absolute atomic E-state index is 0.0326. The van der Waals surface area contributed by atoms with E-state index in [9.17, 15) is 4.79 Å². The van der Waals surface area contributed by atoms with Gasteiger partial charge in [0, 0.05) is 0 Å². The molecule has 0 aromatic carbocycles. The number of ether oxygens (including phenoxy) is 1. The maximum absolute atomic E-state index is 11.0. The number of halogens is 1. The lowest BCUT2D eigenvalue weighted by Gasteiger charge is -2.16. The molecule has 0 aliphatic carbocycles. The second-order valence-corrected chi connectivity index (χ2v) is 4.15. The highest BCUT2D eigenvalue weighted by atomic mass is 35.5. The first-order chi connectivity index (χ1) is 7.24. The van der Waals surface area contributed by atoms with Gasteiger partial charge in [0.25, 0.3) is 0 Å². The highest BCUT2D eigenvalue weighted by Gasteiger charge is 2.12. The second-order valence-electron chi connectivity index (χ2n) is 3.88. The molecule has 2 nitrogen and oxygen atoms in total. The van der Waals surface area contributed by atoms with Crippen LogP contribution in [0.3, 0.4) is 0 Å². The third-order valence-electron chi connectivity index (χ3n) is 2.40. The summed E-state index contributed by atoms with van der Waals surface area (Å²) in [6.45, 7) is 4.30. The van der Waals surface area contributed by atoms with Crippen LogP contribution in [0, 0.1) is 0 Å². The van der Waals surface area contributed by atoms with E-state index in [1.165, 1.54) is 19.3 Å². The molecule has 0 spiro atoms. The lowest BCUT2D eigenvalue weighted by atomic mass is 10.1. The monoisotopic (exact) mass is 234 g/mol. The number of hydrogen-bond acceptors (Lipinski definition) is 2. The van der Waals surface area contributed by atoms with Gasteiger partial charge in [-0.3, -0.25) is 4.79 Å². The van der Waals surface area contributed by atoms with E-state index in [2.05, 4.69) is 13.8 Å². The van der Waals surface area contributed by atoms with Gasteiger partial charge in [-0.25, -0.2) is 0 Å². The van der Waals surface area contributed by atoms with Crippen LogP contribution in [0.1, 0.15) is 58.8 Å². The number of carbonyl (C=O) groups is 1. The Hall–Kier alpha value is -0.240. The molecule has 0 aromatic rings. The lowest BCUT2D eigenvalue weighted by Crippen LogP contribution is -2.18. The molecule has 0 aliphatic rings. The molecule has 0 fully saturated rings.